The lowest BCUT2D eigenvalue weighted by Crippen LogP contribution is -2.46. The number of anilines is 1. The molecule has 0 aliphatic carbocycles. The molecule has 1 amide bonds. The van der Waals surface area contributed by atoms with Crippen LogP contribution in [0.1, 0.15) is 37.2 Å². The van der Waals surface area contributed by atoms with E-state index in [0.29, 0.717) is 17.4 Å². The first-order valence-electron chi connectivity index (χ1n) is 6.25. The summed E-state index contributed by atoms with van der Waals surface area (Å²) in [7, 11) is 0. The summed E-state index contributed by atoms with van der Waals surface area (Å²) in [5.74, 6) is 6.14. The molecular formula is C12H19N5O. The van der Waals surface area contributed by atoms with Crippen molar-refractivity contribution in [3.63, 3.8) is 0 Å². The Balaban J connectivity index is 2.14. The van der Waals surface area contributed by atoms with E-state index in [2.05, 4.69) is 29.5 Å². The minimum Gasteiger partial charge on any atom is -0.334 e. The third-order valence-corrected chi connectivity index (χ3v) is 3.67. The molecule has 1 aromatic rings. The maximum Gasteiger partial charge on any atom is 0.274 e. The summed E-state index contributed by atoms with van der Waals surface area (Å²) in [4.78, 5) is 14.2. The van der Waals surface area contributed by atoms with Crippen molar-refractivity contribution >= 4 is 11.7 Å². The first kappa shape index (κ1) is 12.8. The molecule has 0 radical (unpaired) electrons. The molecule has 6 nitrogen and oxygen atoms in total. The fourth-order valence-corrected chi connectivity index (χ4v) is 2.29. The zero-order valence-corrected chi connectivity index (χ0v) is 10.8. The molecule has 1 aliphatic rings. The number of carbonyl (C=O) groups is 1. The Morgan fingerprint density at radius 1 is 1.44 bits per heavy atom. The molecule has 0 bridgehead atoms. The van der Waals surface area contributed by atoms with Crippen LogP contribution in [0.25, 0.3) is 0 Å². The molecule has 1 fully saturated rings. The number of piperidine rings is 1. The number of nitrogens with one attached hydrogen (secondary N) is 1. The average molecular weight is 249 g/mol. The summed E-state index contributed by atoms with van der Waals surface area (Å²) in [5, 5.41) is 7.72. The molecule has 6 heteroatoms. The molecule has 1 saturated heterocycles. The second-order valence-electron chi connectivity index (χ2n) is 4.81. The van der Waals surface area contributed by atoms with Crippen LogP contribution in [0.3, 0.4) is 0 Å². The lowest BCUT2D eigenvalue weighted by molar-refractivity contribution is 0.0544. The summed E-state index contributed by atoms with van der Waals surface area (Å²) < 4.78 is 0. The van der Waals surface area contributed by atoms with Crippen LogP contribution in [0.5, 0.6) is 0 Å². The van der Waals surface area contributed by atoms with Gasteiger partial charge >= 0.3 is 0 Å². The third kappa shape index (κ3) is 2.43. The topological polar surface area (TPSA) is 84.1 Å². The van der Waals surface area contributed by atoms with Crippen molar-refractivity contribution in [1.82, 2.24) is 15.1 Å². The maximum atomic E-state index is 12.3. The van der Waals surface area contributed by atoms with Crippen molar-refractivity contribution in [3.8, 4) is 0 Å². The van der Waals surface area contributed by atoms with Crippen LogP contribution in [0, 0.1) is 5.92 Å². The Morgan fingerprint density at radius 3 is 2.83 bits per heavy atom. The van der Waals surface area contributed by atoms with Crippen molar-refractivity contribution in [3.05, 3.63) is 17.8 Å². The van der Waals surface area contributed by atoms with Crippen molar-refractivity contribution in [2.45, 2.75) is 32.7 Å². The Hall–Kier alpha value is -1.69. The van der Waals surface area contributed by atoms with E-state index in [1.54, 1.807) is 12.1 Å². The standard InChI is InChI=1S/C12H19N5O/c1-8-4-3-7-17(9(8)2)12(18)10-5-6-11(14-13)16-15-10/h5-6,8-9H,3-4,7,13H2,1-2H3,(H,14,16). The van der Waals surface area contributed by atoms with Crippen molar-refractivity contribution in [2.24, 2.45) is 11.8 Å². The Labute approximate surface area is 107 Å². The predicted octanol–water partition coefficient (Wildman–Crippen LogP) is 1.02. The monoisotopic (exact) mass is 249 g/mol. The second kappa shape index (κ2) is 5.30. The number of rotatable bonds is 2. The fourth-order valence-electron chi connectivity index (χ4n) is 2.29. The van der Waals surface area contributed by atoms with Gasteiger partial charge in [-0.15, -0.1) is 10.2 Å². The number of carbonyl (C=O) groups excluding carboxylic acids is 1. The zero-order valence-electron chi connectivity index (χ0n) is 10.8. The number of hydrogen-bond acceptors (Lipinski definition) is 5. The van der Waals surface area contributed by atoms with Gasteiger partial charge in [-0.05, 0) is 37.8 Å². The Morgan fingerprint density at radius 2 is 2.22 bits per heavy atom. The largest absolute Gasteiger partial charge is 0.334 e. The number of hydrazine groups is 1. The number of aromatic nitrogens is 2. The van der Waals surface area contributed by atoms with E-state index >= 15 is 0 Å². The van der Waals surface area contributed by atoms with E-state index in [9.17, 15) is 4.79 Å². The molecular weight excluding hydrogens is 230 g/mol. The number of likely N-dealkylation sites (tertiary alicyclic amines) is 1. The second-order valence-corrected chi connectivity index (χ2v) is 4.81. The summed E-state index contributed by atoms with van der Waals surface area (Å²) in [5.41, 5.74) is 2.76. The highest BCUT2D eigenvalue weighted by Gasteiger charge is 2.29. The van der Waals surface area contributed by atoms with Gasteiger partial charge in [0.25, 0.3) is 5.91 Å². The predicted molar refractivity (Wildman–Crippen MR) is 68.7 cm³/mol. The highest BCUT2D eigenvalue weighted by atomic mass is 16.2. The van der Waals surface area contributed by atoms with Crippen LogP contribution < -0.4 is 11.3 Å². The van der Waals surface area contributed by atoms with E-state index in [1.807, 2.05) is 4.90 Å². The lowest BCUT2D eigenvalue weighted by Gasteiger charge is -2.37. The van der Waals surface area contributed by atoms with Gasteiger partial charge in [-0.2, -0.15) is 0 Å². The highest BCUT2D eigenvalue weighted by molar-refractivity contribution is 5.92. The minimum absolute atomic E-state index is 0.0508. The smallest absolute Gasteiger partial charge is 0.274 e. The van der Waals surface area contributed by atoms with Gasteiger partial charge in [-0.3, -0.25) is 4.79 Å². The Kier molecular flexibility index (Phi) is 3.76. The molecule has 1 aliphatic heterocycles. The maximum absolute atomic E-state index is 12.3. The van der Waals surface area contributed by atoms with Crippen LogP contribution in [0.4, 0.5) is 5.82 Å². The number of hydrogen-bond donors (Lipinski definition) is 2. The van der Waals surface area contributed by atoms with Gasteiger partial charge in [0.05, 0.1) is 0 Å². The molecule has 3 N–H and O–H groups in total. The molecule has 0 aromatic carbocycles. The van der Waals surface area contributed by atoms with Crippen LogP contribution in [-0.4, -0.2) is 33.6 Å². The minimum atomic E-state index is -0.0508. The van der Waals surface area contributed by atoms with E-state index in [1.165, 1.54) is 6.42 Å². The third-order valence-electron chi connectivity index (χ3n) is 3.67. The average Bonchev–Trinajstić information content (AvgIpc) is 2.41. The molecule has 0 spiro atoms. The quantitative estimate of drug-likeness (QED) is 0.604. The van der Waals surface area contributed by atoms with Crippen LogP contribution in [-0.2, 0) is 0 Å². The number of amides is 1. The van der Waals surface area contributed by atoms with E-state index in [4.69, 9.17) is 5.84 Å². The summed E-state index contributed by atoms with van der Waals surface area (Å²) in [6, 6.07) is 3.55. The molecule has 2 atom stereocenters. The molecule has 1 aromatic heterocycles. The van der Waals surface area contributed by atoms with Crippen molar-refractivity contribution in [1.29, 1.82) is 0 Å². The van der Waals surface area contributed by atoms with Gasteiger partial charge in [0.2, 0.25) is 0 Å². The highest BCUT2D eigenvalue weighted by Crippen LogP contribution is 2.24. The normalized spacial score (nSPS) is 23.8. The summed E-state index contributed by atoms with van der Waals surface area (Å²) >= 11 is 0. The SMILES string of the molecule is CC1CCCN(C(=O)c2ccc(NN)nn2)C1C. The van der Waals surface area contributed by atoms with Crippen molar-refractivity contribution < 1.29 is 4.79 Å². The summed E-state index contributed by atoms with van der Waals surface area (Å²) in [6.45, 7) is 5.06. The molecule has 18 heavy (non-hydrogen) atoms. The van der Waals surface area contributed by atoms with Gasteiger partial charge in [-0.25, -0.2) is 5.84 Å². The first-order chi connectivity index (χ1) is 8.63. The summed E-state index contributed by atoms with van der Waals surface area (Å²) in [6.07, 6.45) is 2.22. The van der Waals surface area contributed by atoms with Gasteiger partial charge in [0, 0.05) is 12.6 Å². The van der Waals surface area contributed by atoms with Crippen LogP contribution in [0.15, 0.2) is 12.1 Å². The van der Waals surface area contributed by atoms with E-state index < -0.39 is 0 Å². The van der Waals surface area contributed by atoms with Crippen LogP contribution in [0.2, 0.25) is 0 Å². The first-order valence-corrected chi connectivity index (χ1v) is 6.25. The lowest BCUT2D eigenvalue weighted by atomic mass is 9.92. The zero-order chi connectivity index (χ0) is 13.1. The molecule has 0 saturated carbocycles. The number of nitrogens with two attached hydrogens (primary N) is 1. The van der Waals surface area contributed by atoms with E-state index in [0.717, 1.165) is 13.0 Å². The van der Waals surface area contributed by atoms with Gasteiger partial charge in [0.1, 0.15) is 0 Å². The van der Waals surface area contributed by atoms with Crippen molar-refractivity contribution in [2.75, 3.05) is 12.0 Å². The Bertz CT molecular complexity index is 419. The van der Waals surface area contributed by atoms with E-state index in [-0.39, 0.29) is 11.9 Å². The number of nitrogen functional groups attached to an aromatic ring is 1. The van der Waals surface area contributed by atoms with Gasteiger partial charge in [-0.1, -0.05) is 6.92 Å². The number of nitrogens with zero attached hydrogens (tertiary/aromatic N) is 3. The fraction of sp³-hybridized carbons (Fsp3) is 0.583. The molecule has 2 unspecified atom stereocenters. The van der Waals surface area contributed by atoms with Gasteiger partial charge in [0.15, 0.2) is 11.5 Å². The molecule has 98 valence electrons. The molecule has 2 rings (SSSR count). The van der Waals surface area contributed by atoms with Crippen LogP contribution >= 0.6 is 0 Å². The molecule has 2 heterocycles. The van der Waals surface area contributed by atoms with Gasteiger partial charge < -0.3 is 10.3 Å².